The third kappa shape index (κ3) is 1.11. The maximum atomic E-state index is 11.0. The molecule has 1 aliphatic carbocycles. The summed E-state index contributed by atoms with van der Waals surface area (Å²) in [7, 11) is 0. The number of H-pyrrole nitrogens is 1. The Kier molecular flexibility index (Phi) is 1.56. The summed E-state index contributed by atoms with van der Waals surface area (Å²) in [6.07, 6.45) is 5.38. The molecule has 0 unspecified atom stereocenters. The van der Waals surface area contributed by atoms with Gasteiger partial charge in [0.1, 0.15) is 0 Å². The van der Waals surface area contributed by atoms with E-state index in [9.17, 15) is 4.79 Å². The Hall–Kier alpha value is -0.990. The maximum absolute atomic E-state index is 11.0. The SMILES string of the molecule is O=c1o[nH]c2c1CCCCC2. The Morgan fingerprint density at radius 2 is 2.00 bits per heavy atom. The van der Waals surface area contributed by atoms with E-state index in [4.69, 9.17) is 4.52 Å². The summed E-state index contributed by atoms with van der Waals surface area (Å²) < 4.78 is 4.69. The Morgan fingerprint density at radius 1 is 1.18 bits per heavy atom. The number of nitrogens with one attached hydrogen (secondary N) is 1. The number of hydrogen-bond acceptors (Lipinski definition) is 2. The van der Waals surface area contributed by atoms with Gasteiger partial charge in [-0.1, -0.05) is 6.42 Å². The van der Waals surface area contributed by atoms with Crippen molar-refractivity contribution in [3.05, 3.63) is 21.7 Å². The molecule has 3 nitrogen and oxygen atoms in total. The van der Waals surface area contributed by atoms with Crippen LogP contribution in [0.25, 0.3) is 0 Å². The van der Waals surface area contributed by atoms with Crippen LogP contribution in [0, 0.1) is 0 Å². The molecule has 0 saturated heterocycles. The van der Waals surface area contributed by atoms with Crippen molar-refractivity contribution in [2.45, 2.75) is 32.1 Å². The fourth-order valence-corrected chi connectivity index (χ4v) is 1.59. The van der Waals surface area contributed by atoms with Gasteiger partial charge in [0.25, 0.3) is 0 Å². The van der Waals surface area contributed by atoms with Crippen LogP contribution < -0.4 is 5.63 Å². The lowest BCUT2D eigenvalue weighted by Gasteiger charge is -1.89. The van der Waals surface area contributed by atoms with Gasteiger partial charge in [-0.15, -0.1) is 0 Å². The summed E-state index contributed by atoms with van der Waals surface area (Å²) in [5.74, 6) is 0. The van der Waals surface area contributed by atoms with Gasteiger partial charge in [-0.3, -0.25) is 0 Å². The number of aryl methyl sites for hydroxylation is 1. The topological polar surface area (TPSA) is 46.0 Å². The number of fused-ring (bicyclic) bond motifs is 1. The van der Waals surface area contributed by atoms with E-state index in [1.54, 1.807) is 0 Å². The molecule has 1 heterocycles. The zero-order valence-corrected chi connectivity index (χ0v) is 6.35. The second-order valence-electron chi connectivity index (χ2n) is 3.01. The molecule has 3 heteroatoms. The zero-order chi connectivity index (χ0) is 7.68. The van der Waals surface area contributed by atoms with Gasteiger partial charge in [-0.05, 0) is 25.7 Å². The monoisotopic (exact) mass is 153 g/mol. The van der Waals surface area contributed by atoms with E-state index in [2.05, 4.69) is 5.16 Å². The lowest BCUT2D eigenvalue weighted by atomic mass is 10.1. The van der Waals surface area contributed by atoms with E-state index in [-0.39, 0.29) is 5.63 Å². The first-order chi connectivity index (χ1) is 5.38. The van der Waals surface area contributed by atoms with E-state index in [0.29, 0.717) is 0 Å². The van der Waals surface area contributed by atoms with Crippen LogP contribution in [-0.4, -0.2) is 5.16 Å². The van der Waals surface area contributed by atoms with Crippen molar-refractivity contribution in [1.29, 1.82) is 0 Å². The Balaban J connectivity index is 2.43. The number of hydrogen-bond donors (Lipinski definition) is 1. The Morgan fingerprint density at radius 3 is 2.91 bits per heavy atom. The van der Waals surface area contributed by atoms with Gasteiger partial charge in [-0.25, -0.2) is 9.95 Å². The van der Waals surface area contributed by atoms with Crippen LogP contribution in [-0.2, 0) is 12.8 Å². The highest BCUT2D eigenvalue weighted by Crippen LogP contribution is 2.15. The van der Waals surface area contributed by atoms with Crippen LogP contribution in [0.3, 0.4) is 0 Å². The molecule has 2 rings (SSSR count). The second-order valence-corrected chi connectivity index (χ2v) is 3.01. The molecule has 11 heavy (non-hydrogen) atoms. The van der Waals surface area contributed by atoms with Crippen molar-refractivity contribution in [2.75, 3.05) is 0 Å². The highest BCUT2D eigenvalue weighted by atomic mass is 16.5. The molecule has 60 valence electrons. The standard InChI is InChI=1S/C8H11NO2/c10-8-6-4-2-1-3-5-7(6)9-11-8/h9H,1-5H2. The molecule has 0 fully saturated rings. The second kappa shape index (κ2) is 2.57. The highest BCUT2D eigenvalue weighted by molar-refractivity contribution is 5.16. The summed E-state index contributed by atoms with van der Waals surface area (Å²) in [4.78, 5) is 11.0. The van der Waals surface area contributed by atoms with Crippen molar-refractivity contribution in [3.8, 4) is 0 Å². The largest absolute Gasteiger partial charge is 0.360 e. The van der Waals surface area contributed by atoms with Crippen LogP contribution in [0.2, 0.25) is 0 Å². The fourth-order valence-electron chi connectivity index (χ4n) is 1.59. The molecule has 1 aromatic rings. The van der Waals surface area contributed by atoms with Gasteiger partial charge in [-0.2, -0.15) is 0 Å². The van der Waals surface area contributed by atoms with Gasteiger partial charge in [0.05, 0.1) is 11.3 Å². The molecule has 1 aromatic heterocycles. The van der Waals surface area contributed by atoms with Crippen LogP contribution in [0.4, 0.5) is 0 Å². The van der Waals surface area contributed by atoms with Gasteiger partial charge < -0.3 is 4.52 Å². The lowest BCUT2D eigenvalue weighted by Crippen LogP contribution is -2.01. The van der Waals surface area contributed by atoms with Crippen molar-refractivity contribution in [1.82, 2.24) is 5.16 Å². The van der Waals surface area contributed by atoms with Crippen molar-refractivity contribution < 1.29 is 4.52 Å². The lowest BCUT2D eigenvalue weighted by molar-refractivity contribution is 0.381. The highest BCUT2D eigenvalue weighted by Gasteiger charge is 2.13. The van der Waals surface area contributed by atoms with Crippen molar-refractivity contribution in [3.63, 3.8) is 0 Å². The third-order valence-electron chi connectivity index (χ3n) is 2.23. The van der Waals surface area contributed by atoms with Crippen molar-refractivity contribution >= 4 is 0 Å². The van der Waals surface area contributed by atoms with E-state index in [1.165, 1.54) is 12.8 Å². The average molecular weight is 153 g/mol. The molecule has 0 radical (unpaired) electrons. The normalized spacial score (nSPS) is 17.5. The van der Waals surface area contributed by atoms with E-state index < -0.39 is 0 Å². The molecular weight excluding hydrogens is 142 g/mol. The first-order valence-electron chi connectivity index (χ1n) is 4.07. The van der Waals surface area contributed by atoms with Crippen LogP contribution in [0.15, 0.2) is 9.32 Å². The van der Waals surface area contributed by atoms with E-state index >= 15 is 0 Å². The molecule has 0 aromatic carbocycles. The van der Waals surface area contributed by atoms with E-state index in [0.717, 1.165) is 30.5 Å². The summed E-state index contributed by atoms with van der Waals surface area (Å²) in [6.45, 7) is 0. The molecular formula is C8H11NO2. The average Bonchev–Trinajstić information content (AvgIpc) is 2.25. The molecule has 0 bridgehead atoms. The molecule has 0 spiro atoms. The summed E-state index contributed by atoms with van der Waals surface area (Å²) in [5.41, 5.74) is 1.73. The van der Waals surface area contributed by atoms with Crippen molar-refractivity contribution in [2.24, 2.45) is 0 Å². The number of aromatic amines is 1. The Labute approximate surface area is 64.4 Å². The summed E-state index contributed by atoms with van der Waals surface area (Å²) >= 11 is 0. The first kappa shape index (κ1) is 6.70. The minimum atomic E-state index is -0.165. The smallest absolute Gasteiger partial charge is 0.339 e. The van der Waals surface area contributed by atoms with Gasteiger partial charge in [0, 0.05) is 0 Å². The van der Waals surface area contributed by atoms with Crippen LogP contribution in [0.1, 0.15) is 30.5 Å². The zero-order valence-electron chi connectivity index (χ0n) is 6.35. The van der Waals surface area contributed by atoms with Crippen LogP contribution in [0.5, 0.6) is 0 Å². The Bertz CT molecular complexity index is 297. The third-order valence-corrected chi connectivity index (χ3v) is 2.23. The molecule has 0 atom stereocenters. The number of aromatic nitrogens is 1. The minimum Gasteiger partial charge on any atom is -0.339 e. The van der Waals surface area contributed by atoms with Gasteiger partial charge >= 0.3 is 5.63 Å². The quantitative estimate of drug-likeness (QED) is 0.570. The van der Waals surface area contributed by atoms with Gasteiger partial charge in [0.15, 0.2) is 0 Å². The summed E-state index contributed by atoms with van der Waals surface area (Å²) in [5, 5.41) is 2.68. The van der Waals surface area contributed by atoms with E-state index in [1.807, 2.05) is 0 Å². The summed E-state index contributed by atoms with van der Waals surface area (Å²) in [6, 6.07) is 0. The molecule has 0 amide bonds. The predicted octanol–water partition coefficient (Wildman–Crippen LogP) is 1.24. The minimum absolute atomic E-state index is 0.165. The first-order valence-corrected chi connectivity index (χ1v) is 4.07. The predicted molar refractivity (Wildman–Crippen MR) is 40.6 cm³/mol. The molecule has 0 saturated carbocycles. The van der Waals surface area contributed by atoms with Gasteiger partial charge in [0.2, 0.25) is 0 Å². The van der Waals surface area contributed by atoms with Crippen LogP contribution >= 0.6 is 0 Å². The molecule has 1 aliphatic rings. The number of rotatable bonds is 0. The fraction of sp³-hybridized carbons (Fsp3) is 0.625. The molecule has 1 N–H and O–H groups in total. The molecule has 0 aliphatic heterocycles. The maximum Gasteiger partial charge on any atom is 0.360 e.